The lowest BCUT2D eigenvalue weighted by molar-refractivity contribution is -0.133. The van der Waals surface area contributed by atoms with E-state index in [-0.39, 0.29) is 23.6 Å². The van der Waals surface area contributed by atoms with Gasteiger partial charge in [0.25, 0.3) is 0 Å². The number of amides is 1. The van der Waals surface area contributed by atoms with Crippen LogP contribution in [0.15, 0.2) is 0 Å². The van der Waals surface area contributed by atoms with Crippen LogP contribution in [-0.2, 0) is 9.53 Å². The number of piperidine rings is 1. The van der Waals surface area contributed by atoms with Gasteiger partial charge in [-0.15, -0.1) is 0 Å². The maximum atomic E-state index is 12.5. The molecular weight excluding hydrogens is 242 g/mol. The van der Waals surface area contributed by atoms with Crippen LogP contribution in [0.5, 0.6) is 0 Å². The van der Waals surface area contributed by atoms with Crippen LogP contribution < -0.4 is 0 Å². The number of Topliss-reactive ketones (excluding diaryl/α,β-unsaturated/α-hetero) is 1. The normalized spacial score (nSPS) is 35.2. The summed E-state index contributed by atoms with van der Waals surface area (Å²) < 4.78 is 5.53. The monoisotopic (exact) mass is 267 g/mol. The maximum Gasteiger partial charge on any atom is 0.411 e. The maximum absolute atomic E-state index is 12.5. The van der Waals surface area contributed by atoms with Crippen molar-refractivity contribution in [1.82, 2.24) is 4.90 Å². The summed E-state index contributed by atoms with van der Waals surface area (Å²) in [5.74, 6) is 0.301. The molecule has 1 amide bonds. The molecule has 4 heteroatoms. The van der Waals surface area contributed by atoms with Crippen LogP contribution in [0.25, 0.3) is 0 Å². The molecule has 2 heterocycles. The zero-order valence-corrected chi connectivity index (χ0v) is 12.7. The summed E-state index contributed by atoms with van der Waals surface area (Å²) in [5.41, 5.74) is -0.867. The molecule has 108 valence electrons. The Balaban J connectivity index is 2.29. The third kappa shape index (κ3) is 2.63. The first-order valence-electron chi connectivity index (χ1n) is 7.19. The van der Waals surface area contributed by atoms with Gasteiger partial charge in [0.05, 0.1) is 5.54 Å². The molecular formula is C15H25NO3. The van der Waals surface area contributed by atoms with E-state index in [0.717, 1.165) is 19.3 Å². The summed E-state index contributed by atoms with van der Waals surface area (Å²) in [5, 5.41) is 0. The Labute approximate surface area is 115 Å². The zero-order chi connectivity index (χ0) is 14.4. The molecule has 3 rings (SSSR count). The Bertz CT molecular complexity index is 399. The third-order valence-corrected chi connectivity index (χ3v) is 4.36. The van der Waals surface area contributed by atoms with E-state index in [1.807, 2.05) is 39.5 Å². The molecule has 3 atom stereocenters. The van der Waals surface area contributed by atoms with Gasteiger partial charge in [0, 0.05) is 18.4 Å². The Kier molecular flexibility index (Phi) is 3.40. The fraction of sp³-hybridized carbons (Fsp3) is 0.867. The number of carbonyl (C=O) groups is 2. The molecule has 3 fully saturated rings. The molecule has 0 N–H and O–H groups in total. The highest BCUT2D eigenvalue weighted by atomic mass is 16.6. The topological polar surface area (TPSA) is 46.6 Å². The average molecular weight is 267 g/mol. The van der Waals surface area contributed by atoms with E-state index in [1.165, 1.54) is 0 Å². The molecule has 2 saturated heterocycles. The first-order valence-corrected chi connectivity index (χ1v) is 7.19. The van der Waals surface area contributed by atoms with Gasteiger partial charge in [-0.05, 0) is 47.5 Å². The average Bonchev–Trinajstić information content (AvgIpc) is 2.40. The van der Waals surface area contributed by atoms with Gasteiger partial charge in [-0.1, -0.05) is 6.42 Å². The van der Waals surface area contributed by atoms with Crippen LogP contribution in [0.2, 0.25) is 0 Å². The summed E-state index contributed by atoms with van der Waals surface area (Å²) in [4.78, 5) is 26.5. The SMILES string of the molecule is C[C@H]1C2CCC[C@@](C)(CC2=O)N1C(=O)OC(C)(C)C. The molecule has 0 aromatic rings. The number of ether oxygens (including phenoxy) is 1. The van der Waals surface area contributed by atoms with E-state index in [2.05, 4.69) is 0 Å². The van der Waals surface area contributed by atoms with Crippen LogP contribution in [0.3, 0.4) is 0 Å². The second kappa shape index (κ2) is 4.50. The Morgan fingerprint density at radius 3 is 2.63 bits per heavy atom. The second-order valence-corrected chi connectivity index (χ2v) is 7.23. The number of carbonyl (C=O) groups excluding carboxylic acids is 2. The predicted octanol–water partition coefficient (Wildman–Crippen LogP) is 3.14. The van der Waals surface area contributed by atoms with Crippen molar-refractivity contribution in [3.05, 3.63) is 0 Å². The van der Waals surface area contributed by atoms with E-state index >= 15 is 0 Å². The van der Waals surface area contributed by atoms with Gasteiger partial charge in [0.1, 0.15) is 11.4 Å². The zero-order valence-electron chi connectivity index (χ0n) is 12.7. The smallest absolute Gasteiger partial charge is 0.411 e. The first kappa shape index (κ1) is 14.4. The quantitative estimate of drug-likeness (QED) is 0.677. The Morgan fingerprint density at radius 1 is 1.42 bits per heavy atom. The molecule has 0 spiro atoms. The van der Waals surface area contributed by atoms with Gasteiger partial charge in [-0.2, -0.15) is 0 Å². The molecule has 2 bridgehead atoms. The van der Waals surface area contributed by atoms with E-state index in [9.17, 15) is 9.59 Å². The lowest BCUT2D eigenvalue weighted by Crippen LogP contribution is -2.61. The molecule has 4 nitrogen and oxygen atoms in total. The van der Waals surface area contributed by atoms with Crippen molar-refractivity contribution < 1.29 is 14.3 Å². The predicted molar refractivity (Wildman–Crippen MR) is 72.9 cm³/mol. The molecule has 1 saturated carbocycles. The van der Waals surface area contributed by atoms with Crippen LogP contribution in [0.4, 0.5) is 4.79 Å². The van der Waals surface area contributed by atoms with E-state index in [0.29, 0.717) is 12.2 Å². The van der Waals surface area contributed by atoms with Crippen molar-refractivity contribution in [2.75, 3.05) is 0 Å². The van der Waals surface area contributed by atoms with E-state index < -0.39 is 5.60 Å². The number of rotatable bonds is 0. The Hall–Kier alpha value is -1.06. The third-order valence-electron chi connectivity index (χ3n) is 4.36. The highest BCUT2D eigenvalue weighted by Crippen LogP contribution is 2.43. The fourth-order valence-electron chi connectivity index (χ4n) is 3.54. The molecule has 3 aliphatic rings. The standard InChI is InChI=1S/C15H25NO3/c1-10-11-7-6-8-15(5,9-12(11)17)16(10)13(18)19-14(2,3)4/h10-11H,6-9H2,1-5H3/t10-,11?,15-/m0/s1. The molecule has 0 aromatic carbocycles. The molecule has 0 aromatic heterocycles. The summed E-state index contributed by atoms with van der Waals surface area (Å²) in [6, 6.07) is -0.0522. The van der Waals surface area contributed by atoms with Gasteiger partial charge in [0.2, 0.25) is 0 Å². The highest BCUT2D eigenvalue weighted by molar-refractivity contribution is 5.86. The number of ketones is 1. The number of nitrogens with zero attached hydrogens (tertiary/aromatic N) is 1. The first-order chi connectivity index (χ1) is 8.64. The van der Waals surface area contributed by atoms with Crippen molar-refractivity contribution in [1.29, 1.82) is 0 Å². The van der Waals surface area contributed by atoms with Crippen LogP contribution in [-0.4, -0.2) is 34.0 Å². The van der Waals surface area contributed by atoms with Crippen molar-refractivity contribution in [2.24, 2.45) is 5.92 Å². The van der Waals surface area contributed by atoms with Crippen molar-refractivity contribution in [3.63, 3.8) is 0 Å². The minimum Gasteiger partial charge on any atom is -0.444 e. The van der Waals surface area contributed by atoms with Gasteiger partial charge in [-0.3, -0.25) is 9.69 Å². The van der Waals surface area contributed by atoms with Crippen LogP contribution in [0, 0.1) is 5.92 Å². The van der Waals surface area contributed by atoms with Crippen molar-refractivity contribution >= 4 is 11.9 Å². The summed E-state index contributed by atoms with van der Waals surface area (Å²) in [7, 11) is 0. The molecule has 1 aliphatic carbocycles. The second-order valence-electron chi connectivity index (χ2n) is 7.23. The number of fused-ring (bicyclic) bond motifs is 4. The molecule has 19 heavy (non-hydrogen) atoms. The van der Waals surface area contributed by atoms with E-state index in [1.54, 1.807) is 0 Å². The van der Waals surface area contributed by atoms with Crippen LogP contribution in [0.1, 0.15) is 60.3 Å². The molecule has 0 radical (unpaired) electrons. The number of hydrogen-bond donors (Lipinski definition) is 0. The van der Waals surface area contributed by atoms with Gasteiger partial charge in [0.15, 0.2) is 0 Å². The largest absolute Gasteiger partial charge is 0.444 e. The minimum absolute atomic E-state index is 0.0110. The molecule has 2 aliphatic heterocycles. The fourth-order valence-corrected chi connectivity index (χ4v) is 3.54. The highest BCUT2D eigenvalue weighted by Gasteiger charge is 2.52. The van der Waals surface area contributed by atoms with Crippen LogP contribution >= 0.6 is 0 Å². The lowest BCUT2D eigenvalue weighted by atomic mass is 9.80. The minimum atomic E-state index is -0.497. The van der Waals surface area contributed by atoms with Crippen molar-refractivity contribution in [2.45, 2.75) is 77.5 Å². The van der Waals surface area contributed by atoms with Crippen molar-refractivity contribution in [3.8, 4) is 0 Å². The van der Waals surface area contributed by atoms with E-state index in [4.69, 9.17) is 4.74 Å². The van der Waals surface area contributed by atoms with Gasteiger partial charge >= 0.3 is 6.09 Å². The summed E-state index contributed by atoms with van der Waals surface area (Å²) in [6.07, 6.45) is 2.99. The van der Waals surface area contributed by atoms with Gasteiger partial charge < -0.3 is 4.74 Å². The summed E-state index contributed by atoms with van der Waals surface area (Å²) >= 11 is 0. The molecule has 1 unspecified atom stereocenters. The lowest BCUT2D eigenvalue weighted by Gasteiger charge is -2.48. The van der Waals surface area contributed by atoms with Gasteiger partial charge in [-0.25, -0.2) is 4.79 Å². The summed E-state index contributed by atoms with van der Waals surface area (Å²) in [6.45, 7) is 9.62. The Morgan fingerprint density at radius 2 is 2.05 bits per heavy atom. The number of hydrogen-bond acceptors (Lipinski definition) is 3.